The second kappa shape index (κ2) is 3.86. The van der Waals surface area contributed by atoms with E-state index in [4.69, 9.17) is 0 Å². The zero-order valence-corrected chi connectivity index (χ0v) is 7.02. The van der Waals surface area contributed by atoms with E-state index in [1.165, 1.54) is 0 Å². The largest absolute Gasteiger partial charge is 0.359 e. The second-order valence-corrected chi connectivity index (χ2v) is 2.35. The van der Waals surface area contributed by atoms with Crippen molar-refractivity contribution in [2.45, 2.75) is 20.3 Å². The molecule has 0 aliphatic carbocycles. The molecule has 1 aliphatic heterocycles. The number of hydrogen-bond donors (Lipinski definition) is 2. The van der Waals surface area contributed by atoms with E-state index in [0.717, 1.165) is 17.8 Å². The van der Waals surface area contributed by atoms with Crippen molar-refractivity contribution in [3.8, 4) is 0 Å². The molecule has 1 aliphatic rings. The van der Waals surface area contributed by atoms with E-state index in [9.17, 15) is 0 Å². The highest BCUT2D eigenvalue weighted by Gasteiger charge is 2.02. The molecular weight excluding hydrogens is 136 g/mol. The van der Waals surface area contributed by atoms with Crippen LogP contribution in [0.25, 0.3) is 0 Å². The lowest BCUT2D eigenvalue weighted by Gasteiger charge is -2.16. The summed E-state index contributed by atoms with van der Waals surface area (Å²) in [6.45, 7) is 4.15. The van der Waals surface area contributed by atoms with Crippen molar-refractivity contribution in [3.63, 3.8) is 0 Å². The number of rotatable bonds is 1. The molecule has 2 heteroatoms. The fourth-order valence-electron chi connectivity index (χ4n) is 1.03. The molecular formula is C9H14N2. The average molecular weight is 150 g/mol. The van der Waals surface area contributed by atoms with Gasteiger partial charge in [0.2, 0.25) is 0 Å². The highest BCUT2D eigenvalue weighted by Crippen LogP contribution is 2.07. The van der Waals surface area contributed by atoms with E-state index >= 15 is 0 Å². The van der Waals surface area contributed by atoms with Crippen LogP contribution in [0.2, 0.25) is 0 Å². The summed E-state index contributed by atoms with van der Waals surface area (Å²) in [6.07, 6.45) is 9.05. The first-order chi connectivity index (χ1) is 5.38. The summed E-state index contributed by atoms with van der Waals surface area (Å²) in [5.74, 6) is 0. The summed E-state index contributed by atoms with van der Waals surface area (Å²) in [7, 11) is 0. The molecule has 0 saturated heterocycles. The van der Waals surface area contributed by atoms with Crippen LogP contribution in [0.1, 0.15) is 20.3 Å². The molecule has 0 unspecified atom stereocenters. The van der Waals surface area contributed by atoms with Crippen LogP contribution in [0.15, 0.2) is 35.9 Å². The predicted molar refractivity (Wildman–Crippen MR) is 47.5 cm³/mol. The molecule has 0 saturated carbocycles. The van der Waals surface area contributed by atoms with E-state index in [0.29, 0.717) is 0 Å². The fraction of sp³-hybridized carbons (Fsp3) is 0.333. The summed E-state index contributed by atoms with van der Waals surface area (Å²) in [4.78, 5) is 0. The molecule has 0 amide bonds. The van der Waals surface area contributed by atoms with E-state index in [-0.39, 0.29) is 0 Å². The van der Waals surface area contributed by atoms with Crippen molar-refractivity contribution >= 4 is 0 Å². The maximum Gasteiger partial charge on any atom is 0.0575 e. The Morgan fingerprint density at radius 1 is 1.27 bits per heavy atom. The number of allylic oxidation sites excluding steroid dienone is 2. The summed E-state index contributed by atoms with van der Waals surface area (Å²) in [5.41, 5.74) is 2.31. The molecule has 0 aromatic heterocycles. The number of nitrogens with one attached hydrogen (secondary N) is 2. The van der Waals surface area contributed by atoms with Crippen molar-refractivity contribution in [2.75, 3.05) is 0 Å². The van der Waals surface area contributed by atoms with E-state index in [2.05, 4.69) is 29.7 Å². The summed E-state index contributed by atoms with van der Waals surface area (Å²) in [6, 6.07) is 0. The third-order valence-corrected chi connectivity index (χ3v) is 1.55. The monoisotopic (exact) mass is 150 g/mol. The maximum absolute atomic E-state index is 3.17. The highest BCUT2D eigenvalue weighted by atomic mass is 15.0. The SMILES string of the molecule is C/C=C1/NC=CN/C1=C/CC. The molecule has 0 atom stereocenters. The minimum Gasteiger partial charge on any atom is -0.359 e. The van der Waals surface area contributed by atoms with Crippen LogP contribution in [0.4, 0.5) is 0 Å². The van der Waals surface area contributed by atoms with Crippen LogP contribution in [0.5, 0.6) is 0 Å². The van der Waals surface area contributed by atoms with Gasteiger partial charge in [-0.05, 0) is 13.3 Å². The van der Waals surface area contributed by atoms with Gasteiger partial charge in [-0.1, -0.05) is 19.1 Å². The van der Waals surface area contributed by atoms with Gasteiger partial charge in [-0.25, -0.2) is 0 Å². The quantitative estimate of drug-likeness (QED) is 0.596. The van der Waals surface area contributed by atoms with Crippen molar-refractivity contribution in [2.24, 2.45) is 0 Å². The molecule has 0 radical (unpaired) electrons. The highest BCUT2D eigenvalue weighted by molar-refractivity contribution is 5.32. The first-order valence-electron chi connectivity index (χ1n) is 3.93. The normalized spacial score (nSPS) is 23.5. The predicted octanol–water partition coefficient (Wildman–Crippen LogP) is 1.85. The Morgan fingerprint density at radius 3 is 2.45 bits per heavy atom. The smallest absolute Gasteiger partial charge is 0.0575 e. The molecule has 0 bridgehead atoms. The number of hydrogen-bond acceptors (Lipinski definition) is 2. The van der Waals surface area contributed by atoms with Crippen molar-refractivity contribution in [1.82, 2.24) is 10.6 Å². The Bertz CT molecular complexity index is 212. The Kier molecular flexibility index (Phi) is 2.78. The Labute approximate surface area is 67.7 Å². The van der Waals surface area contributed by atoms with Crippen LogP contribution in [0.3, 0.4) is 0 Å². The van der Waals surface area contributed by atoms with Gasteiger partial charge in [-0.15, -0.1) is 0 Å². The van der Waals surface area contributed by atoms with Gasteiger partial charge in [-0.3, -0.25) is 0 Å². The van der Waals surface area contributed by atoms with Gasteiger partial charge < -0.3 is 10.6 Å². The fourth-order valence-corrected chi connectivity index (χ4v) is 1.03. The standard InChI is InChI=1S/C9H14N2/c1-3-5-9-8(4-2)10-6-7-11-9/h4-7,10-11H,3H2,1-2H3/b8-4+,9-5+. The van der Waals surface area contributed by atoms with Gasteiger partial charge in [0, 0.05) is 12.4 Å². The van der Waals surface area contributed by atoms with Gasteiger partial charge in [0.15, 0.2) is 0 Å². The molecule has 1 heterocycles. The lowest BCUT2D eigenvalue weighted by Crippen LogP contribution is -2.21. The first kappa shape index (κ1) is 7.92. The molecule has 2 nitrogen and oxygen atoms in total. The lowest BCUT2D eigenvalue weighted by molar-refractivity contribution is 0.899. The topological polar surface area (TPSA) is 24.1 Å². The molecule has 2 N–H and O–H groups in total. The molecule has 11 heavy (non-hydrogen) atoms. The zero-order chi connectivity index (χ0) is 8.10. The minimum absolute atomic E-state index is 1.05. The van der Waals surface area contributed by atoms with Gasteiger partial charge in [0.25, 0.3) is 0 Å². The van der Waals surface area contributed by atoms with Gasteiger partial charge in [0.05, 0.1) is 11.4 Å². The summed E-state index contributed by atoms with van der Waals surface area (Å²) in [5, 5.41) is 6.32. The van der Waals surface area contributed by atoms with Gasteiger partial charge >= 0.3 is 0 Å². The first-order valence-corrected chi connectivity index (χ1v) is 3.93. The third-order valence-electron chi connectivity index (χ3n) is 1.55. The van der Waals surface area contributed by atoms with Crippen LogP contribution >= 0.6 is 0 Å². The van der Waals surface area contributed by atoms with Crippen molar-refractivity contribution in [3.05, 3.63) is 35.9 Å². The third kappa shape index (κ3) is 1.87. The molecule has 0 aromatic carbocycles. The summed E-state index contributed by atoms with van der Waals surface area (Å²) >= 11 is 0. The molecule has 1 rings (SSSR count). The Hall–Kier alpha value is -1.18. The summed E-state index contributed by atoms with van der Waals surface area (Å²) < 4.78 is 0. The van der Waals surface area contributed by atoms with Crippen molar-refractivity contribution < 1.29 is 0 Å². The Morgan fingerprint density at radius 2 is 1.91 bits per heavy atom. The zero-order valence-electron chi connectivity index (χ0n) is 7.02. The molecule has 0 aromatic rings. The lowest BCUT2D eigenvalue weighted by atomic mass is 10.2. The van der Waals surface area contributed by atoms with E-state index in [1.807, 2.05) is 19.3 Å². The molecule has 0 fully saturated rings. The molecule has 60 valence electrons. The van der Waals surface area contributed by atoms with Gasteiger partial charge in [-0.2, -0.15) is 0 Å². The van der Waals surface area contributed by atoms with Crippen LogP contribution < -0.4 is 10.6 Å². The van der Waals surface area contributed by atoms with Gasteiger partial charge in [0.1, 0.15) is 0 Å². The van der Waals surface area contributed by atoms with E-state index < -0.39 is 0 Å². The van der Waals surface area contributed by atoms with Crippen molar-refractivity contribution in [1.29, 1.82) is 0 Å². The van der Waals surface area contributed by atoms with Crippen LogP contribution in [-0.4, -0.2) is 0 Å². The van der Waals surface area contributed by atoms with Crippen LogP contribution in [0, 0.1) is 0 Å². The minimum atomic E-state index is 1.05. The second-order valence-electron chi connectivity index (χ2n) is 2.35. The Balaban J connectivity index is 2.78. The maximum atomic E-state index is 3.17. The van der Waals surface area contributed by atoms with E-state index in [1.54, 1.807) is 0 Å². The average Bonchev–Trinajstić information content (AvgIpc) is 2.06. The van der Waals surface area contributed by atoms with Crippen LogP contribution in [-0.2, 0) is 0 Å². The molecule has 0 spiro atoms.